The van der Waals surface area contributed by atoms with Crippen molar-refractivity contribution in [2.45, 2.75) is 6.92 Å². The highest BCUT2D eigenvalue weighted by Crippen LogP contribution is 2.23. The van der Waals surface area contributed by atoms with Gasteiger partial charge in [0, 0.05) is 40.9 Å². The normalized spacial score (nSPS) is 10.9. The molecule has 1 N–H and O–H groups in total. The Morgan fingerprint density at radius 3 is 2.71 bits per heavy atom. The first kappa shape index (κ1) is 14.6. The second kappa shape index (κ2) is 5.90. The van der Waals surface area contributed by atoms with Crippen LogP contribution in [0.15, 0.2) is 60.4 Å². The van der Waals surface area contributed by atoms with Crippen LogP contribution in [-0.2, 0) is 0 Å². The number of nitrogens with zero attached hydrogens (tertiary/aromatic N) is 3. The summed E-state index contributed by atoms with van der Waals surface area (Å²) in [4.78, 5) is 21.9. The number of thiazole rings is 1. The summed E-state index contributed by atoms with van der Waals surface area (Å²) in [5, 5.41) is 4.88. The smallest absolute Gasteiger partial charge is 0.257 e. The number of benzene rings is 1. The summed E-state index contributed by atoms with van der Waals surface area (Å²) < 4.78 is 2.00. The molecule has 0 atom stereocenters. The lowest BCUT2D eigenvalue weighted by Gasteiger charge is -2.06. The monoisotopic (exact) mass is 334 g/mol. The van der Waals surface area contributed by atoms with Gasteiger partial charge in [-0.2, -0.15) is 0 Å². The first-order valence-electron chi connectivity index (χ1n) is 7.46. The van der Waals surface area contributed by atoms with E-state index < -0.39 is 0 Å². The zero-order valence-corrected chi connectivity index (χ0v) is 13.7. The molecule has 0 aliphatic carbocycles. The maximum absolute atomic E-state index is 12.2. The largest absolute Gasteiger partial charge is 0.322 e. The molecule has 0 fully saturated rings. The molecule has 118 valence electrons. The number of aryl methyl sites for hydroxylation is 1. The van der Waals surface area contributed by atoms with Gasteiger partial charge in [-0.25, -0.2) is 4.98 Å². The van der Waals surface area contributed by atoms with E-state index in [0.717, 1.165) is 27.6 Å². The number of aromatic nitrogens is 3. The molecule has 0 spiro atoms. The van der Waals surface area contributed by atoms with Gasteiger partial charge in [-0.05, 0) is 31.2 Å². The average molecular weight is 334 g/mol. The Hall–Kier alpha value is -2.99. The predicted octanol–water partition coefficient (Wildman–Crippen LogP) is 4.02. The number of fused-ring (bicyclic) bond motifs is 1. The summed E-state index contributed by atoms with van der Waals surface area (Å²) in [6, 6.07) is 11.3. The average Bonchev–Trinajstić information content (AvgIpc) is 3.18. The van der Waals surface area contributed by atoms with E-state index in [1.54, 1.807) is 23.6 Å². The van der Waals surface area contributed by atoms with Crippen LogP contribution in [0.5, 0.6) is 0 Å². The van der Waals surface area contributed by atoms with Crippen LogP contribution < -0.4 is 5.32 Å². The van der Waals surface area contributed by atoms with Crippen molar-refractivity contribution in [3.8, 4) is 11.3 Å². The van der Waals surface area contributed by atoms with Crippen LogP contribution in [0.3, 0.4) is 0 Å². The van der Waals surface area contributed by atoms with E-state index in [0.29, 0.717) is 5.56 Å². The van der Waals surface area contributed by atoms with Gasteiger partial charge in [0.2, 0.25) is 0 Å². The van der Waals surface area contributed by atoms with E-state index in [9.17, 15) is 4.79 Å². The minimum Gasteiger partial charge on any atom is -0.322 e. The third-order valence-corrected chi connectivity index (χ3v) is 4.48. The molecule has 1 amide bonds. The standard InChI is InChI=1S/C18H14N4OS/c1-12-2-3-14(10-19-12)17(23)20-15-6-4-13(5-7-15)16-11-22-8-9-24-18(22)21-16/h2-11H,1H3,(H,20,23). The van der Waals surface area contributed by atoms with Gasteiger partial charge in [0.1, 0.15) is 0 Å². The molecular formula is C18H14N4OS. The topological polar surface area (TPSA) is 59.3 Å². The third kappa shape index (κ3) is 2.79. The van der Waals surface area contributed by atoms with Crippen molar-refractivity contribution < 1.29 is 4.79 Å². The Bertz CT molecular complexity index is 971. The fourth-order valence-electron chi connectivity index (χ4n) is 2.40. The van der Waals surface area contributed by atoms with Gasteiger partial charge in [0.25, 0.3) is 5.91 Å². The Balaban J connectivity index is 1.52. The summed E-state index contributed by atoms with van der Waals surface area (Å²) in [5.41, 5.74) is 4.10. The number of carbonyl (C=O) groups is 1. The van der Waals surface area contributed by atoms with Crippen molar-refractivity contribution in [3.63, 3.8) is 0 Å². The van der Waals surface area contributed by atoms with Crippen LogP contribution in [0.4, 0.5) is 5.69 Å². The fraction of sp³-hybridized carbons (Fsp3) is 0.0556. The van der Waals surface area contributed by atoms with Crippen molar-refractivity contribution in [2.75, 3.05) is 5.32 Å². The number of amides is 1. The lowest BCUT2D eigenvalue weighted by atomic mass is 10.1. The van der Waals surface area contributed by atoms with Gasteiger partial charge < -0.3 is 5.32 Å². The van der Waals surface area contributed by atoms with Crippen LogP contribution in [-0.4, -0.2) is 20.3 Å². The zero-order valence-electron chi connectivity index (χ0n) is 12.9. The highest BCUT2D eigenvalue weighted by Gasteiger charge is 2.08. The minimum absolute atomic E-state index is 0.169. The minimum atomic E-state index is -0.169. The van der Waals surface area contributed by atoms with Gasteiger partial charge >= 0.3 is 0 Å². The number of hydrogen-bond acceptors (Lipinski definition) is 4. The zero-order chi connectivity index (χ0) is 16.5. The summed E-state index contributed by atoms with van der Waals surface area (Å²) >= 11 is 1.60. The van der Waals surface area contributed by atoms with Gasteiger partial charge in [-0.15, -0.1) is 11.3 Å². The first-order chi connectivity index (χ1) is 11.7. The molecule has 0 radical (unpaired) electrons. The Labute approximate surface area is 142 Å². The van der Waals surface area contributed by atoms with Crippen LogP contribution in [0, 0.1) is 6.92 Å². The predicted molar refractivity (Wildman–Crippen MR) is 95.4 cm³/mol. The number of nitrogens with one attached hydrogen (secondary N) is 1. The quantitative estimate of drug-likeness (QED) is 0.615. The molecule has 4 aromatic rings. The molecule has 0 unspecified atom stereocenters. The molecule has 1 aromatic carbocycles. The number of rotatable bonds is 3. The second-order valence-electron chi connectivity index (χ2n) is 5.44. The van der Waals surface area contributed by atoms with Crippen molar-refractivity contribution in [1.29, 1.82) is 0 Å². The fourth-order valence-corrected chi connectivity index (χ4v) is 3.10. The Morgan fingerprint density at radius 1 is 1.17 bits per heavy atom. The SMILES string of the molecule is Cc1ccc(C(=O)Nc2ccc(-c3cn4ccsc4n3)cc2)cn1. The van der Waals surface area contributed by atoms with Crippen molar-refractivity contribution in [3.05, 3.63) is 71.6 Å². The molecule has 0 aliphatic heterocycles. The van der Waals surface area contributed by atoms with E-state index >= 15 is 0 Å². The summed E-state index contributed by atoms with van der Waals surface area (Å²) in [5.74, 6) is -0.169. The maximum Gasteiger partial charge on any atom is 0.257 e. The molecule has 0 bridgehead atoms. The number of carbonyl (C=O) groups excluding carboxylic acids is 1. The molecule has 6 heteroatoms. The van der Waals surface area contributed by atoms with Crippen LogP contribution >= 0.6 is 11.3 Å². The van der Waals surface area contributed by atoms with E-state index in [1.807, 2.05) is 59.4 Å². The number of imidazole rings is 1. The number of hydrogen-bond donors (Lipinski definition) is 1. The first-order valence-corrected chi connectivity index (χ1v) is 8.34. The summed E-state index contributed by atoms with van der Waals surface area (Å²) in [6.45, 7) is 1.89. The molecule has 24 heavy (non-hydrogen) atoms. The molecule has 0 aliphatic rings. The van der Waals surface area contributed by atoms with E-state index in [-0.39, 0.29) is 5.91 Å². The molecule has 3 heterocycles. The van der Waals surface area contributed by atoms with Crippen molar-refractivity contribution >= 4 is 27.9 Å². The summed E-state index contributed by atoms with van der Waals surface area (Å²) in [6.07, 6.45) is 5.56. The van der Waals surface area contributed by atoms with Crippen molar-refractivity contribution in [1.82, 2.24) is 14.4 Å². The van der Waals surface area contributed by atoms with Crippen LogP contribution in [0.25, 0.3) is 16.2 Å². The highest BCUT2D eigenvalue weighted by atomic mass is 32.1. The molecule has 5 nitrogen and oxygen atoms in total. The lowest BCUT2D eigenvalue weighted by Crippen LogP contribution is -2.12. The maximum atomic E-state index is 12.2. The Morgan fingerprint density at radius 2 is 2.00 bits per heavy atom. The molecular weight excluding hydrogens is 320 g/mol. The number of anilines is 1. The Kier molecular flexibility index (Phi) is 3.59. The third-order valence-electron chi connectivity index (χ3n) is 3.71. The molecule has 0 saturated heterocycles. The highest BCUT2D eigenvalue weighted by molar-refractivity contribution is 7.15. The molecule has 0 saturated carbocycles. The molecule has 3 aromatic heterocycles. The van der Waals surface area contributed by atoms with E-state index in [4.69, 9.17) is 0 Å². The van der Waals surface area contributed by atoms with Crippen LogP contribution in [0.1, 0.15) is 16.1 Å². The second-order valence-corrected chi connectivity index (χ2v) is 6.31. The van der Waals surface area contributed by atoms with Gasteiger partial charge in [0.05, 0.1) is 11.3 Å². The van der Waals surface area contributed by atoms with E-state index in [2.05, 4.69) is 15.3 Å². The lowest BCUT2D eigenvalue weighted by molar-refractivity contribution is 0.102. The summed E-state index contributed by atoms with van der Waals surface area (Å²) in [7, 11) is 0. The number of pyridine rings is 1. The van der Waals surface area contributed by atoms with E-state index in [1.165, 1.54) is 0 Å². The van der Waals surface area contributed by atoms with Crippen molar-refractivity contribution in [2.24, 2.45) is 0 Å². The van der Waals surface area contributed by atoms with Crippen LogP contribution in [0.2, 0.25) is 0 Å². The van der Waals surface area contributed by atoms with Gasteiger partial charge in [-0.3, -0.25) is 14.2 Å². The van der Waals surface area contributed by atoms with Gasteiger partial charge in [0.15, 0.2) is 4.96 Å². The van der Waals surface area contributed by atoms with Gasteiger partial charge in [-0.1, -0.05) is 12.1 Å². The molecule has 4 rings (SSSR count).